The molecule has 0 aliphatic heterocycles. The van der Waals surface area contributed by atoms with E-state index in [-0.39, 0.29) is 5.91 Å². The molecule has 0 saturated carbocycles. The Kier molecular flexibility index (Phi) is 4.38. The molecule has 2 aromatic carbocycles. The van der Waals surface area contributed by atoms with E-state index in [1.165, 1.54) is 10.9 Å². The molecule has 3 aromatic rings. The van der Waals surface area contributed by atoms with E-state index in [0.29, 0.717) is 6.54 Å². The van der Waals surface area contributed by atoms with Crippen molar-refractivity contribution in [2.45, 2.75) is 26.8 Å². The number of pyridine rings is 1. The first-order valence-corrected chi connectivity index (χ1v) is 7.93. The minimum Gasteiger partial charge on any atom is -0.321 e. The molecular weight excluding hydrogens is 284 g/mol. The number of nitrogens with one attached hydrogen (secondary N) is 1. The second-order valence-corrected chi connectivity index (χ2v) is 5.77. The van der Waals surface area contributed by atoms with Crippen molar-refractivity contribution in [1.29, 1.82) is 0 Å². The van der Waals surface area contributed by atoms with Gasteiger partial charge in [-0.25, -0.2) is 0 Å². The standard InChI is InChI=1S/C20H20N2O/c1-3-16-9-8-15(2)22(13-16)14-20(23)21-19-11-10-17-6-4-5-7-18(17)12-19/h4-13H,3,14H2,1-2H3/p+1. The van der Waals surface area contributed by atoms with Gasteiger partial charge in [-0.3, -0.25) is 4.79 Å². The molecule has 0 fully saturated rings. The van der Waals surface area contributed by atoms with Gasteiger partial charge in [-0.15, -0.1) is 0 Å². The van der Waals surface area contributed by atoms with E-state index in [1.807, 2.05) is 41.8 Å². The highest BCUT2D eigenvalue weighted by Gasteiger charge is 2.13. The molecule has 116 valence electrons. The number of hydrogen-bond acceptors (Lipinski definition) is 1. The third kappa shape index (κ3) is 3.57. The van der Waals surface area contributed by atoms with Crippen LogP contribution in [0.3, 0.4) is 0 Å². The molecule has 0 unspecified atom stereocenters. The van der Waals surface area contributed by atoms with Crippen molar-refractivity contribution in [2.24, 2.45) is 0 Å². The van der Waals surface area contributed by atoms with Crippen molar-refractivity contribution in [3.05, 3.63) is 72.1 Å². The van der Waals surface area contributed by atoms with Crippen molar-refractivity contribution >= 4 is 22.4 Å². The van der Waals surface area contributed by atoms with Gasteiger partial charge in [0.15, 0.2) is 11.9 Å². The number of benzene rings is 2. The number of amides is 1. The van der Waals surface area contributed by atoms with Crippen LogP contribution in [0, 0.1) is 6.92 Å². The van der Waals surface area contributed by atoms with Gasteiger partial charge >= 0.3 is 0 Å². The van der Waals surface area contributed by atoms with E-state index in [2.05, 4.69) is 42.7 Å². The summed E-state index contributed by atoms with van der Waals surface area (Å²) in [5.41, 5.74) is 3.14. The molecule has 3 heteroatoms. The lowest BCUT2D eigenvalue weighted by molar-refractivity contribution is -0.690. The fraction of sp³-hybridized carbons (Fsp3) is 0.200. The third-order valence-corrected chi connectivity index (χ3v) is 4.07. The van der Waals surface area contributed by atoms with Crippen molar-refractivity contribution in [3.8, 4) is 0 Å². The average Bonchev–Trinajstić information content (AvgIpc) is 2.56. The van der Waals surface area contributed by atoms with E-state index >= 15 is 0 Å². The molecule has 0 atom stereocenters. The summed E-state index contributed by atoms with van der Waals surface area (Å²) in [6.45, 7) is 4.46. The molecule has 0 saturated heterocycles. The largest absolute Gasteiger partial charge is 0.321 e. The molecule has 1 amide bonds. The van der Waals surface area contributed by atoms with Crippen molar-refractivity contribution in [3.63, 3.8) is 0 Å². The number of hydrogen-bond donors (Lipinski definition) is 1. The highest BCUT2D eigenvalue weighted by molar-refractivity contribution is 5.93. The van der Waals surface area contributed by atoms with Gasteiger partial charge in [0.25, 0.3) is 5.91 Å². The topological polar surface area (TPSA) is 33.0 Å². The van der Waals surface area contributed by atoms with Crippen LogP contribution in [-0.4, -0.2) is 5.91 Å². The van der Waals surface area contributed by atoms with Crippen LogP contribution in [0.5, 0.6) is 0 Å². The quantitative estimate of drug-likeness (QED) is 0.734. The molecule has 3 rings (SSSR count). The molecule has 0 aliphatic rings. The van der Waals surface area contributed by atoms with E-state index in [4.69, 9.17) is 0 Å². The summed E-state index contributed by atoms with van der Waals surface area (Å²) < 4.78 is 2.00. The zero-order valence-electron chi connectivity index (χ0n) is 13.5. The SMILES string of the molecule is CCc1ccc(C)[n+](CC(=O)Nc2ccc3ccccc3c2)c1. The smallest absolute Gasteiger partial charge is 0.290 e. The Hall–Kier alpha value is -2.68. The van der Waals surface area contributed by atoms with Crippen LogP contribution in [-0.2, 0) is 17.8 Å². The molecule has 1 N–H and O–H groups in total. The van der Waals surface area contributed by atoms with Gasteiger partial charge in [0.05, 0.1) is 0 Å². The molecule has 0 aliphatic carbocycles. The van der Waals surface area contributed by atoms with Crippen LogP contribution in [0.25, 0.3) is 10.8 Å². The summed E-state index contributed by atoms with van der Waals surface area (Å²) in [5, 5.41) is 5.29. The first kappa shape index (κ1) is 15.2. The first-order chi connectivity index (χ1) is 11.2. The molecule has 0 spiro atoms. The van der Waals surface area contributed by atoms with Crippen LogP contribution in [0.2, 0.25) is 0 Å². The second kappa shape index (κ2) is 6.61. The Morgan fingerprint density at radius 1 is 1.04 bits per heavy atom. The van der Waals surface area contributed by atoms with Crippen molar-refractivity contribution < 1.29 is 9.36 Å². The van der Waals surface area contributed by atoms with Crippen molar-refractivity contribution in [2.75, 3.05) is 5.32 Å². The fourth-order valence-electron chi connectivity index (χ4n) is 2.67. The number of aromatic nitrogens is 1. The first-order valence-electron chi connectivity index (χ1n) is 7.93. The number of anilines is 1. The highest BCUT2D eigenvalue weighted by Crippen LogP contribution is 2.18. The maximum absolute atomic E-state index is 12.3. The van der Waals surface area contributed by atoms with Crippen LogP contribution >= 0.6 is 0 Å². The summed E-state index contributed by atoms with van der Waals surface area (Å²) in [6.07, 6.45) is 3.02. The number of carbonyl (C=O) groups is 1. The Morgan fingerprint density at radius 3 is 2.61 bits per heavy atom. The van der Waals surface area contributed by atoms with Crippen LogP contribution in [0.4, 0.5) is 5.69 Å². The molecule has 3 nitrogen and oxygen atoms in total. The maximum Gasteiger partial charge on any atom is 0.290 e. The summed E-state index contributed by atoms with van der Waals surface area (Å²) in [5.74, 6) is -0.0124. The number of carbonyl (C=O) groups excluding carboxylic acids is 1. The molecule has 23 heavy (non-hydrogen) atoms. The van der Waals surface area contributed by atoms with Gasteiger partial charge in [-0.2, -0.15) is 4.57 Å². The van der Waals surface area contributed by atoms with Gasteiger partial charge in [0.2, 0.25) is 6.54 Å². The summed E-state index contributed by atoms with van der Waals surface area (Å²) in [4.78, 5) is 12.3. The molecular formula is C20H21N2O+. The fourth-order valence-corrected chi connectivity index (χ4v) is 2.67. The minimum atomic E-state index is -0.0124. The number of fused-ring (bicyclic) bond motifs is 1. The third-order valence-electron chi connectivity index (χ3n) is 4.07. The minimum absolute atomic E-state index is 0.0124. The molecule has 1 heterocycles. The normalized spacial score (nSPS) is 10.7. The van der Waals surface area contributed by atoms with Gasteiger partial charge < -0.3 is 5.32 Å². The summed E-state index contributed by atoms with van der Waals surface area (Å²) >= 11 is 0. The molecule has 0 radical (unpaired) electrons. The molecule has 0 bridgehead atoms. The van der Waals surface area contributed by atoms with Crippen LogP contribution in [0.1, 0.15) is 18.2 Å². The van der Waals surface area contributed by atoms with Crippen LogP contribution in [0.15, 0.2) is 60.8 Å². The average molecular weight is 305 g/mol. The lowest BCUT2D eigenvalue weighted by atomic mass is 10.1. The van der Waals surface area contributed by atoms with E-state index in [9.17, 15) is 4.79 Å². The number of nitrogens with zero attached hydrogens (tertiary/aromatic N) is 1. The van der Waals surface area contributed by atoms with E-state index < -0.39 is 0 Å². The van der Waals surface area contributed by atoms with Gasteiger partial charge in [0, 0.05) is 24.2 Å². The highest BCUT2D eigenvalue weighted by atomic mass is 16.1. The zero-order valence-corrected chi connectivity index (χ0v) is 13.5. The predicted molar refractivity (Wildman–Crippen MR) is 93.3 cm³/mol. The Bertz CT molecular complexity index is 855. The van der Waals surface area contributed by atoms with Gasteiger partial charge in [-0.05, 0) is 35.4 Å². The molecule has 1 aromatic heterocycles. The van der Waals surface area contributed by atoms with Gasteiger partial charge in [-0.1, -0.05) is 37.3 Å². The number of rotatable bonds is 4. The maximum atomic E-state index is 12.3. The van der Waals surface area contributed by atoms with E-state index in [1.54, 1.807) is 0 Å². The second-order valence-electron chi connectivity index (χ2n) is 5.77. The van der Waals surface area contributed by atoms with Gasteiger partial charge in [0.1, 0.15) is 0 Å². The summed E-state index contributed by atoms with van der Waals surface area (Å²) in [7, 11) is 0. The lowest BCUT2D eigenvalue weighted by Crippen LogP contribution is -2.43. The van der Waals surface area contributed by atoms with E-state index in [0.717, 1.165) is 23.2 Å². The van der Waals surface area contributed by atoms with Crippen LogP contribution < -0.4 is 9.88 Å². The van der Waals surface area contributed by atoms with Crippen molar-refractivity contribution in [1.82, 2.24) is 0 Å². The predicted octanol–water partition coefficient (Wildman–Crippen LogP) is 3.64. The Morgan fingerprint density at radius 2 is 1.83 bits per heavy atom. The lowest BCUT2D eigenvalue weighted by Gasteiger charge is -2.06. The summed E-state index contributed by atoms with van der Waals surface area (Å²) in [6, 6.07) is 18.3. The monoisotopic (exact) mass is 305 g/mol. The Labute approximate surface area is 136 Å². The number of aryl methyl sites for hydroxylation is 2. The Balaban J connectivity index is 1.75. The zero-order chi connectivity index (χ0) is 16.2.